The fraction of sp³-hybridized carbons (Fsp3) is 0.533. The lowest BCUT2D eigenvalue weighted by molar-refractivity contribution is -0.121. The summed E-state index contributed by atoms with van der Waals surface area (Å²) in [5, 5.41) is 6.27. The standard InChI is InChI=1S/C15H21BrN2O3/c1-20-13-6-10(12(16)8-14(13)21-2)9-18-15(19)7-11-4-3-5-17-11/h6,8,11,17H,3-5,7,9H2,1-2H3,(H,18,19). The molecule has 0 bridgehead atoms. The zero-order valence-electron chi connectivity index (χ0n) is 12.4. The number of nitrogens with one attached hydrogen (secondary N) is 2. The van der Waals surface area contributed by atoms with E-state index < -0.39 is 0 Å². The van der Waals surface area contributed by atoms with E-state index in [-0.39, 0.29) is 5.91 Å². The summed E-state index contributed by atoms with van der Waals surface area (Å²) >= 11 is 3.49. The highest BCUT2D eigenvalue weighted by Gasteiger charge is 2.17. The Hall–Kier alpha value is -1.27. The largest absolute Gasteiger partial charge is 0.493 e. The summed E-state index contributed by atoms with van der Waals surface area (Å²) in [7, 11) is 3.19. The molecule has 0 aromatic heterocycles. The summed E-state index contributed by atoms with van der Waals surface area (Å²) in [5.74, 6) is 1.38. The lowest BCUT2D eigenvalue weighted by Gasteiger charge is -2.14. The molecule has 2 rings (SSSR count). The third kappa shape index (κ3) is 4.35. The molecule has 0 spiro atoms. The van der Waals surface area contributed by atoms with Crippen LogP contribution in [0.4, 0.5) is 0 Å². The average molecular weight is 357 g/mol. The van der Waals surface area contributed by atoms with Crippen LogP contribution in [0.25, 0.3) is 0 Å². The molecule has 0 radical (unpaired) electrons. The molecule has 1 atom stereocenters. The molecule has 1 aliphatic heterocycles. The van der Waals surface area contributed by atoms with Gasteiger partial charge in [0.25, 0.3) is 0 Å². The van der Waals surface area contributed by atoms with Gasteiger partial charge in [-0.1, -0.05) is 15.9 Å². The third-order valence-corrected chi connectivity index (χ3v) is 4.36. The van der Waals surface area contributed by atoms with Crippen LogP contribution in [0.15, 0.2) is 16.6 Å². The predicted octanol–water partition coefficient (Wildman–Crippen LogP) is 2.22. The number of carbonyl (C=O) groups is 1. The Kier molecular flexibility index (Phi) is 5.87. The Morgan fingerprint density at radius 3 is 2.71 bits per heavy atom. The van der Waals surface area contributed by atoms with Crippen LogP contribution < -0.4 is 20.1 Å². The minimum atomic E-state index is 0.0658. The first-order chi connectivity index (χ1) is 10.1. The van der Waals surface area contributed by atoms with Gasteiger partial charge in [-0.2, -0.15) is 0 Å². The molecule has 1 saturated heterocycles. The molecular weight excluding hydrogens is 336 g/mol. The van der Waals surface area contributed by atoms with Gasteiger partial charge in [-0.25, -0.2) is 0 Å². The first-order valence-electron chi connectivity index (χ1n) is 7.04. The van der Waals surface area contributed by atoms with Crippen molar-refractivity contribution in [3.63, 3.8) is 0 Å². The Labute approximate surface area is 133 Å². The number of methoxy groups -OCH3 is 2. The van der Waals surface area contributed by atoms with Crippen molar-refractivity contribution in [1.29, 1.82) is 0 Å². The second kappa shape index (κ2) is 7.66. The van der Waals surface area contributed by atoms with Crippen LogP contribution in [0, 0.1) is 0 Å². The van der Waals surface area contributed by atoms with Crippen molar-refractivity contribution in [1.82, 2.24) is 10.6 Å². The molecule has 1 aromatic rings. The number of hydrogen-bond acceptors (Lipinski definition) is 4. The highest BCUT2D eigenvalue weighted by molar-refractivity contribution is 9.10. The highest BCUT2D eigenvalue weighted by atomic mass is 79.9. The van der Waals surface area contributed by atoms with Gasteiger partial charge < -0.3 is 20.1 Å². The van der Waals surface area contributed by atoms with E-state index in [1.807, 2.05) is 12.1 Å². The first kappa shape index (κ1) is 16.1. The molecule has 1 heterocycles. The topological polar surface area (TPSA) is 59.6 Å². The van der Waals surface area contributed by atoms with Gasteiger partial charge in [0.2, 0.25) is 5.91 Å². The SMILES string of the molecule is COc1cc(Br)c(CNC(=O)CC2CCCN2)cc1OC. The van der Waals surface area contributed by atoms with E-state index in [0.29, 0.717) is 30.5 Å². The minimum Gasteiger partial charge on any atom is -0.493 e. The predicted molar refractivity (Wildman–Crippen MR) is 84.7 cm³/mol. The number of amides is 1. The molecule has 0 saturated carbocycles. The number of benzene rings is 1. The molecule has 1 unspecified atom stereocenters. The van der Waals surface area contributed by atoms with Crippen molar-refractivity contribution in [3.8, 4) is 11.5 Å². The second-order valence-electron chi connectivity index (χ2n) is 5.07. The second-order valence-corrected chi connectivity index (χ2v) is 5.93. The van der Waals surface area contributed by atoms with Crippen molar-refractivity contribution in [2.24, 2.45) is 0 Å². The van der Waals surface area contributed by atoms with Crippen molar-refractivity contribution in [2.75, 3.05) is 20.8 Å². The monoisotopic (exact) mass is 356 g/mol. The smallest absolute Gasteiger partial charge is 0.221 e. The van der Waals surface area contributed by atoms with Gasteiger partial charge in [-0.05, 0) is 37.1 Å². The Morgan fingerprint density at radius 1 is 1.38 bits per heavy atom. The maximum atomic E-state index is 11.9. The van der Waals surface area contributed by atoms with Crippen LogP contribution in [0.5, 0.6) is 11.5 Å². The molecule has 0 aliphatic carbocycles. The van der Waals surface area contributed by atoms with Crippen LogP contribution in [0.2, 0.25) is 0 Å². The van der Waals surface area contributed by atoms with Gasteiger partial charge in [-0.3, -0.25) is 4.79 Å². The van der Waals surface area contributed by atoms with Crippen LogP contribution >= 0.6 is 15.9 Å². The average Bonchev–Trinajstić information content (AvgIpc) is 2.98. The molecule has 1 aromatic carbocycles. The number of ether oxygens (including phenoxy) is 2. The van der Waals surface area contributed by atoms with E-state index in [1.165, 1.54) is 0 Å². The van der Waals surface area contributed by atoms with Gasteiger partial charge in [0, 0.05) is 23.5 Å². The zero-order valence-corrected chi connectivity index (χ0v) is 14.0. The summed E-state index contributed by atoms with van der Waals surface area (Å²) in [6.07, 6.45) is 2.76. The van der Waals surface area contributed by atoms with Gasteiger partial charge >= 0.3 is 0 Å². The molecular formula is C15H21BrN2O3. The highest BCUT2D eigenvalue weighted by Crippen LogP contribution is 2.33. The number of rotatable bonds is 6. The van der Waals surface area contributed by atoms with E-state index in [4.69, 9.17) is 9.47 Å². The van der Waals surface area contributed by atoms with E-state index in [9.17, 15) is 4.79 Å². The summed E-state index contributed by atoms with van der Waals surface area (Å²) in [4.78, 5) is 11.9. The van der Waals surface area contributed by atoms with Gasteiger partial charge in [0.05, 0.1) is 14.2 Å². The number of carbonyl (C=O) groups excluding carboxylic acids is 1. The van der Waals surface area contributed by atoms with E-state index >= 15 is 0 Å². The molecule has 1 aliphatic rings. The van der Waals surface area contributed by atoms with E-state index in [2.05, 4.69) is 26.6 Å². The molecule has 116 valence electrons. The van der Waals surface area contributed by atoms with Crippen molar-refractivity contribution in [3.05, 3.63) is 22.2 Å². The van der Waals surface area contributed by atoms with Crippen LogP contribution in [0.1, 0.15) is 24.8 Å². The molecule has 1 amide bonds. The lowest BCUT2D eigenvalue weighted by Crippen LogP contribution is -2.31. The maximum absolute atomic E-state index is 11.9. The van der Waals surface area contributed by atoms with Crippen molar-refractivity contribution >= 4 is 21.8 Å². The molecule has 6 heteroatoms. The Bertz CT molecular complexity index is 502. The summed E-state index contributed by atoms with van der Waals surface area (Å²) in [6, 6.07) is 4.04. The fourth-order valence-electron chi connectivity index (χ4n) is 2.45. The van der Waals surface area contributed by atoms with E-state index in [1.54, 1.807) is 14.2 Å². The van der Waals surface area contributed by atoms with Crippen molar-refractivity contribution in [2.45, 2.75) is 31.8 Å². The molecule has 1 fully saturated rings. The summed E-state index contributed by atoms with van der Waals surface area (Å²) in [5.41, 5.74) is 0.959. The van der Waals surface area contributed by atoms with Crippen LogP contribution in [-0.2, 0) is 11.3 Å². The molecule has 2 N–H and O–H groups in total. The third-order valence-electron chi connectivity index (χ3n) is 3.62. The quantitative estimate of drug-likeness (QED) is 0.820. The van der Waals surface area contributed by atoms with Crippen LogP contribution in [-0.4, -0.2) is 32.7 Å². The van der Waals surface area contributed by atoms with Crippen molar-refractivity contribution < 1.29 is 14.3 Å². The van der Waals surface area contributed by atoms with E-state index in [0.717, 1.165) is 29.4 Å². The number of halogens is 1. The summed E-state index contributed by atoms with van der Waals surface area (Å²) < 4.78 is 11.4. The van der Waals surface area contributed by atoms with Gasteiger partial charge in [-0.15, -0.1) is 0 Å². The van der Waals surface area contributed by atoms with Crippen LogP contribution in [0.3, 0.4) is 0 Å². The number of hydrogen-bond donors (Lipinski definition) is 2. The molecule has 21 heavy (non-hydrogen) atoms. The molecule has 5 nitrogen and oxygen atoms in total. The minimum absolute atomic E-state index is 0.0658. The maximum Gasteiger partial charge on any atom is 0.221 e. The first-order valence-corrected chi connectivity index (χ1v) is 7.83. The summed E-state index contributed by atoms with van der Waals surface area (Å²) in [6.45, 7) is 1.48. The Balaban J connectivity index is 1.94. The van der Waals surface area contributed by atoms with Gasteiger partial charge in [0.15, 0.2) is 11.5 Å². The van der Waals surface area contributed by atoms with Gasteiger partial charge in [0.1, 0.15) is 0 Å². The zero-order chi connectivity index (χ0) is 15.2. The fourth-order valence-corrected chi connectivity index (χ4v) is 2.92. The lowest BCUT2D eigenvalue weighted by atomic mass is 10.1. The normalized spacial score (nSPS) is 17.6. The Morgan fingerprint density at radius 2 is 2.10 bits per heavy atom.